The van der Waals surface area contributed by atoms with Crippen molar-refractivity contribution >= 4 is 34.5 Å². The van der Waals surface area contributed by atoms with Crippen LogP contribution in [0.5, 0.6) is 0 Å². The molecule has 0 bridgehead atoms. The average Bonchev–Trinajstić information content (AvgIpc) is 2.14. The highest BCUT2D eigenvalue weighted by Gasteiger charge is 2.04. The molecule has 1 rings (SSSR count). The van der Waals surface area contributed by atoms with Gasteiger partial charge in [-0.2, -0.15) is 0 Å². The molecule has 74 valence electrons. The largest absolute Gasteiger partial charge is 0.347 e. The normalized spacial score (nSPS) is 9.57. The van der Waals surface area contributed by atoms with Crippen molar-refractivity contribution in [2.45, 2.75) is 4.90 Å². The van der Waals surface area contributed by atoms with E-state index in [1.807, 2.05) is 6.07 Å². The quantitative estimate of drug-likeness (QED) is 0.814. The Kier molecular flexibility index (Phi) is 4.22. The molecule has 2 nitrogen and oxygen atoms in total. The summed E-state index contributed by atoms with van der Waals surface area (Å²) < 4.78 is 0.743. The minimum atomic E-state index is -0.124. The number of thiol groups is 1. The second kappa shape index (κ2) is 5.22. The van der Waals surface area contributed by atoms with Crippen LogP contribution in [0.2, 0.25) is 0 Å². The van der Waals surface area contributed by atoms with Crippen molar-refractivity contribution in [3.63, 3.8) is 0 Å². The zero-order valence-corrected chi connectivity index (χ0v) is 9.94. The molecule has 0 aliphatic heterocycles. The summed E-state index contributed by atoms with van der Waals surface area (Å²) in [7, 11) is 0. The molecule has 0 atom stereocenters. The van der Waals surface area contributed by atoms with Crippen molar-refractivity contribution in [3.8, 4) is 0 Å². The van der Waals surface area contributed by atoms with Gasteiger partial charge < -0.3 is 5.32 Å². The molecule has 0 spiro atoms. The fourth-order valence-corrected chi connectivity index (χ4v) is 1.29. The van der Waals surface area contributed by atoms with Gasteiger partial charge in [0, 0.05) is 21.5 Å². The number of carbonyl (C=O) groups excluding carboxylic acids is 1. The standard InChI is InChI=1S/C10H10BrNOS/c1-7(11)6-12-10(13)8-3-2-4-9(14)5-8/h2-5,14H,1,6H2,(H,12,13). The van der Waals surface area contributed by atoms with Gasteiger partial charge in [0.15, 0.2) is 0 Å². The lowest BCUT2D eigenvalue weighted by molar-refractivity contribution is 0.0957. The van der Waals surface area contributed by atoms with Crippen molar-refractivity contribution in [1.29, 1.82) is 0 Å². The highest BCUT2D eigenvalue weighted by Crippen LogP contribution is 2.08. The number of carbonyl (C=O) groups is 1. The van der Waals surface area contributed by atoms with E-state index >= 15 is 0 Å². The van der Waals surface area contributed by atoms with E-state index in [1.165, 1.54) is 0 Å². The maximum Gasteiger partial charge on any atom is 0.251 e. The van der Waals surface area contributed by atoms with Gasteiger partial charge in [-0.15, -0.1) is 12.6 Å². The number of hydrogen-bond acceptors (Lipinski definition) is 2. The summed E-state index contributed by atoms with van der Waals surface area (Å²) in [5.74, 6) is -0.124. The monoisotopic (exact) mass is 271 g/mol. The van der Waals surface area contributed by atoms with Crippen LogP contribution in [0.25, 0.3) is 0 Å². The molecular weight excluding hydrogens is 262 g/mol. The molecule has 0 aromatic heterocycles. The van der Waals surface area contributed by atoms with Crippen LogP contribution in [0.1, 0.15) is 10.4 Å². The summed E-state index contributed by atoms with van der Waals surface area (Å²) >= 11 is 7.32. The highest BCUT2D eigenvalue weighted by molar-refractivity contribution is 9.11. The molecule has 0 saturated heterocycles. The first-order chi connectivity index (χ1) is 6.59. The zero-order chi connectivity index (χ0) is 10.6. The number of benzene rings is 1. The first-order valence-electron chi connectivity index (χ1n) is 4.00. The number of nitrogens with one attached hydrogen (secondary N) is 1. The summed E-state index contributed by atoms with van der Waals surface area (Å²) in [6.07, 6.45) is 0. The van der Waals surface area contributed by atoms with E-state index in [2.05, 4.69) is 40.5 Å². The molecule has 0 radical (unpaired) electrons. The Morgan fingerprint density at radius 1 is 1.57 bits per heavy atom. The van der Waals surface area contributed by atoms with Crippen molar-refractivity contribution in [2.24, 2.45) is 0 Å². The molecule has 4 heteroatoms. The van der Waals surface area contributed by atoms with E-state index in [0.717, 1.165) is 9.38 Å². The average molecular weight is 272 g/mol. The third kappa shape index (κ3) is 3.55. The SMILES string of the molecule is C=C(Br)CNC(=O)c1cccc(S)c1. The molecule has 1 aromatic rings. The second-order valence-electron chi connectivity index (χ2n) is 2.75. The van der Waals surface area contributed by atoms with Gasteiger partial charge in [0.2, 0.25) is 0 Å². The lowest BCUT2D eigenvalue weighted by Crippen LogP contribution is -2.24. The summed E-state index contributed by atoms with van der Waals surface area (Å²) in [6, 6.07) is 7.07. The summed E-state index contributed by atoms with van der Waals surface area (Å²) in [5, 5.41) is 2.71. The molecule has 0 aliphatic rings. The lowest BCUT2D eigenvalue weighted by Gasteiger charge is -2.03. The van der Waals surface area contributed by atoms with Gasteiger partial charge in [-0.25, -0.2) is 0 Å². The number of rotatable bonds is 3. The predicted molar refractivity (Wildman–Crippen MR) is 64.1 cm³/mol. The highest BCUT2D eigenvalue weighted by atomic mass is 79.9. The Hall–Kier alpha value is -0.740. The Balaban J connectivity index is 2.65. The third-order valence-electron chi connectivity index (χ3n) is 1.55. The number of amides is 1. The van der Waals surface area contributed by atoms with Crippen LogP contribution in [-0.2, 0) is 0 Å². The molecule has 0 fully saturated rings. The third-order valence-corrected chi connectivity index (χ3v) is 2.11. The molecule has 0 heterocycles. The van der Waals surface area contributed by atoms with Gasteiger partial charge in [-0.05, 0) is 18.2 Å². The Morgan fingerprint density at radius 3 is 2.86 bits per heavy atom. The molecule has 1 amide bonds. The molecule has 1 N–H and O–H groups in total. The summed E-state index contributed by atoms with van der Waals surface area (Å²) in [5.41, 5.74) is 0.603. The number of hydrogen-bond donors (Lipinski definition) is 2. The Morgan fingerprint density at radius 2 is 2.29 bits per heavy atom. The fraction of sp³-hybridized carbons (Fsp3) is 0.100. The molecule has 1 aromatic carbocycles. The van der Waals surface area contributed by atoms with Crippen molar-refractivity contribution < 1.29 is 4.79 Å². The fourth-order valence-electron chi connectivity index (χ4n) is 0.925. The van der Waals surface area contributed by atoms with Crippen LogP contribution < -0.4 is 5.32 Å². The van der Waals surface area contributed by atoms with Crippen molar-refractivity contribution in [3.05, 3.63) is 40.9 Å². The van der Waals surface area contributed by atoms with Gasteiger partial charge in [0.1, 0.15) is 0 Å². The maximum atomic E-state index is 11.5. The molecule has 0 aliphatic carbocycles. The van der Waals surface area contributed by atoms with Crippen LogP contribution in [0.4, 0.5) is 0 Å². The van der Waals surface area contributed by atoms with Crippen LogP contribution >= 0.6 is 28.6 Å². The first kappa shape index (κ1) is 11.3. The predicted octanol–water partition coefficient (Wildman–Crippen LogP) is 2.61. The van der Waals surface area contributed by atoms with Crippen LogP contribution in [0.3, 0.4) is 0 Å². The van der Waals surface area contributed by atoms with E-state index < -0.39 is 0 Å². The molecule has 0 saturated carbocycles. The van der Waals surface area contributed by atoms with Crippen LogP contribution in [0, 0.1) is 0 Å². The van der Waals surface area contributed by atoms with E-state index in [4.69, 9.17) is 0 Å². The van der Waals surface area contributed by atoms with Gasteiger partial charge in [-0.1, -0.05) is 28.6 Å². The van der Waals surface area contributed by atoms with Crippen molar-refractivity contribution in [2.75, 3.05) is 6.54 Å². The number of halogens is 1. The van der Waals surface area contributed by atoms with E-state index in [9.17, 15) is 4.79 Å². The minimum absolute atomic E-state index is 0.124. The zero-order valence-electron chi connectivity index (χ0n) is 7.46. The first-order valence-corrected chi connectivity index (χ1v) is 5.24. The maximum absolute atomic E-state index is 11.5. The van der Waals surface area contributed by atoms with Crippen LogP contribution in [0.15, 0.2) is 40.2 Å². The molecular formula is C10H10BrNOS. The van der Waals surface area contributed by atoms with Gasteiger partial charge in [0.05, 0.1) is 0 Å². The molecule has 14 heavy (non-hydrogen) atoms. The van der Waals surface area contributed by atoms with E-state index in [-0.39, 0.29) is 5.91 Å². The van der Waals surface area contributed by atoms with Gasteiger partial charge in [0.25, 0.3) is 5.91 Å². The Bertz CT molecular complexity index is 365. The molecule has 0 unspecified atom stereocenters. The van der Waals surface area contributed by atoms with E-state index in [1.54, 1.807) is 18.2 Å². The smallest absolute Gasteiger partial charge is 0.251 e. The van der Waals surface area contributed by atoms with Crippen molar-refractivity contribution in [1.82, 2.24) is 5.32 Å². The summed E-state index contributed by atoms with van der Waals surface area (Å²) in [4.78, 5) is 12.3. The topological polar surface area (TPSA) is 29.1 Å². The van der Waals surface area contributed by atoms with E-state index in [0.29, 0.717) is 12.1 Å². The Labute approximate surface area is 96.9 Å². The van der Waals surface area contributed by atoms with Crippen LogP contribution in [-0.4, -0.2) is 12.5 Å². The second-order valence-corrected chi connectivity index (χ2v) is 4.39. The summed E-state index contributed by atoms with van der Waals surface area (Å²) in [6.45, 7) is 4.05. The minimum Gasteiger partial charge on any atom is -0.347 e. The van der Waals surface area contributed by atoms with Gasteiger partial charge in [-0.3, -0.25) is 4.79 Å². The van der Waals surface area contributed by atoms with Gasteiger partial charge >= 0.3 is 0 Å². The lowest BCUT2D eigenvalue weighted by atomic mass is 10.2.